The van der Waals surface area contributed by atoms with Crippen LogP contribution in [0.25, 0.3) is 11.0 Å². The third-order valence-electron chi connectivity index (χ3n) is 3.84. The molecule has 25 heavy (non-hydrogen) atoms. The van der Waals surface area contributed by atoms with E-state index in [-0.39, 0.29) is 11.1 Å². The van der Waals surface area contributed by atoms with Gasteiger partial charge in [-0.2, -0.15) is 10.1 Å². The van der Waals surface area contributed by atoms with Gasteiger partial charge in [-0.3, -0.25) is 9.78 Å². The van der Waals surface area contributed by atoms with Gasteiger partial charge in [-0.25, -0.2) is 4.68 Å². The van der Waals surface area contributed by atoms with E-state index in [1.165, 1.54) is 0 Å². The number of benzene rings is 1. The van der Waals surface area contributed by atoms with Crippen molar-refractivity contribution in [3.8, 4) is 0 Å². The Hall–Kier alpha value is -2.67. The highest BCUT2D eigenvalue weighted by atomic mass is 16.5. The summed E-state index contributed by atoms with van der Waals surface area (Å²) in [5.74, 6) is 0.431. The minimum Gasteiger partial charge on any atom is -0.380 e. The molecule has 0 aliphatic heterocycles. The standard InChI is InChI=1S/C18H23N5O2/c1-18(2,3)23-15-14(10-20-23)16(24)22-17(21-15)19-9-12-6-5-7-13(8-12)11-25-4/h5-8,10H,9,11H2,1-4H3,(H2,19,21,22,24). The molecule has 7 heteroatoms. The zero-order valence-corrected chi connectivity index (χ0v) is 15.0. The smallest absolute Gasteiger partial charge is 0.263 e. The second kappa shape index (κ2) is 6.68. The van der Waals surface area contributed by atoms with Crippen LogP contribution in [-0.4, -0.2) is 26.9 Å². The number of aromatic amines is 1. The van der Waals surface area contributed by atoms with Crippen LogP contribution >= 0.6 is 0 Å². The van der Waals surface area contributed by atoms with Crippen LogP contribution in [0, 0.1) is 0 Å². The van der Waals surface area contributed by atoms with Gasteiger partial charge in [-0.05, 0) is 31.9 Å². The highest BCUT2D eigenvalue weighted by Gasteiger charge is 2.19. The highest BCUT2D eigenvalue weighted by molar-refractivity contribution is 5.74. The van der Waals surface area contributed by atoms with Gasteiger partial charge in [0.15, 0.2) is 5.65 Å². The van der Waals surface area contributed by atoms with Gasteiger partial charge in [0.05, 0.1) is 18.3 Å². The number of nitrogens with one attached hydrogen (secondary N) is 2. The molecule has 2 heterocycles. The molecule has 0 saturated carbocycles. The van der Waals surface area contributed by atoms with Crippen LogP contribution in [0.2, 0.25) is 0 Å². The number of ether oxygens (including phenoxy) is 1. The maximum atomic E-state index is 12.3. The molecule has 0 bridgehead atoms. The molecule has 2 aromatic heterocycles. The van der Waals surface area contributed by atoms with Gasteiger partial charge in [-0.15, -0.1) is 0 Å². The van der Waals surface area contributed by atoms with Gasteiger partial charge in [0.25, 0.3) is 5.56 Å². The summed E-state index contributed by atoms with van der Waals surface area (Å²) in [5.41, 5.74) is 2.31. The van der Waals surface area contributed by atoms with Crippen LogP contribution in [0.4, 0.5) is 5.95 Å². The molecule has 2 N–H and O–H groups in total. The van der Waals surface area contributed by atoms with Crippen molar-refractivity contribution in [3.63, 3.8) is 0 Å². The van der Waals surface area contributed by atoms with Crippen molar-refractivity contribution in [2.75, 3.05) is 12.4 Å². The average molecular weight is 341 g/mol. The van der Waals surface area contributed by atoms with E-state index in [2.05, 4.69) is 26.4 Å². The average Bonchev–Trinajstić information content (AvgIpc) is 2.98. The summed E-state index contributed by atoms with van der Waals surface area (Å²) in [7, 11) is 1.67. The summed E-state index contributed by atoms with van der Waals surface area (Å²) in [5, 5.41) is 7.98. The molecular weight excluding hydrogens is 318 g/mol. The van der Waals surface area contributed by atoms with Crippen LogP contribution in [0.3, 0.4) is 0 Å². The van der Waals surface area contributed by atoms with E-state index in [0.29, 0.717) is 30.1 Å². The van der Waals surface area contributed by atoms with E-state index in [9.17, 15) is 4.79 Å². The van der Waals surface area contributed by atoms with Gasteiger partial charge in [-0.1, -0.05) is 24.3 Å². The summed E-state index contributed by atoms with van der Waals surface area (Å²) < 4.78 is 6.92. The Morgan fingerprint density at radius 1 is 1.28 bits per heavy atom. The number of H-pyrrole nitrogens is 1. The number of aromatic nitrogens is 4. The topological polar surface area (TPSA) is 84.8 Å². The van der Waals surface area contributed by atoms with Gasteiger partial charge in [0.2, 0.25) is 5.95 Å². The molecule has 3 rings (SSSR count). The summed E-state index contributed by atoms with van der Waals surface area (Å²) in [6, 6.07) is 8.08. The Labute approximate surface area is 146 Å². The fourth-order valence-electron chi connectivity index (χ4n) is 2.67. The van der Waals surface area contributed by atoms with Crippen molar-refractivity contribution in [3.05, 3.63) is 51.9 Å². The van der Waals surface area contributed by atoms with Gasteiger partial charge >= 0.3 is 0 Å². The van der Waals surface area contributed by atoms with E-state index in [1.807, 2.05) is 39.0 Å². The van der Waals surface area contributed by atoms with Crippen molar-refractivity contribution >= 4 is 17.0 Å². The number of methoxy groups -OCH3 is 1. The molecular formula is C18H23N5O2. The van der Waals surface area contributed by atoms with Crippen molar-refractivity contribution in [2.45, 2.75) is 39.5 Å². The summed E-state index contributed by atoms with van der Waals surface area (Å²) >= 11 is 0. The Kier molecular flexibility index (Phi) is 4.59. The quantitative estimate of drug-likeness (QED) is 0.745. The second-order valence-electron chi connectivity index (χ2n) is 6.99. The molecule has 0 atom stereocenters. The number of rotatable bonds is 5. The molecule has 0 aliphatic rings. The lowest BCUT2D eigenvalue weighted by Gasteiger charge is -2.19. The third-order valence-corrected chi connectivity index (χ3v) is 3.84. The normalized spacial score (nSPS) is 11.8. The first-order chi connectivity index (χ1) is 11.9. The third kappa shape index (κ3) is 3.71. The van der Waals surface area contributed by atoms with E-state index >= 15 is 0 Å². The molecule has 0 unspecified atom stereocenters. The van der Waals surface area contributed by atoms with Crippen molar-refractivity contribution in [1.29, 1.82) is 0 Å². The largest absolute Gasteiger partial charge is 0.380 e. The van der Waals surface area contributed by atoms with Crippen LogP contribution in [-0.2, 0) is 23.4 Å². The molecule has 0 amide bonds. The zero-order valence-electron chi connectivity index (χ0n) is 15.0. The van der Waals surface area contributed by atoms with Crippen molar-refractivity contribution in [2.24, 2.45) is 0 Å². The second-order valence-corrected chi connectivity index (χ2v) is 6.99. The maximum Gasteiger partial charge on any atom is 0.263 e. The Balaban J connectivity index is 1.87. The van der Waals surface area contributed by atoms with Crippen LogP contribution in [0.1, 0.15) is 31.9 Å². The molecule has 0 fully saturated rings. The van der Waals surface area contributed by atoms with Crippen molar-refractivity contribution < 1.29 is 4.74 Å². The van der Waals surface area contributed by atoms with Gasteiger partial charge in [0, 0.05) is 13.7 Å². The first-order valence-electron chi connectivity index (χ1n) is 8.17. The SMILES string of the molecule is COCc1cccc(CNc2nc3c(cnn3C(C)(C)C)c(=O)[nH]2)c1. The number of hydrogen-bond donors (Lipinski definition) is 2. The monoisotopic (exact) mass is 341 g/mol. The zero-order chi connectivity index (χ0) is 18.0. The minimum atomic E-state index is -0.256. The summed E-state index contributed by atoms with van der Waals surface area (Å²) in [4.78, 5) is 19.6. The van der Waals surface area contributed by atoms with Crippen LogP contribution < -0.4 is 10.9 Å². The fraction of sp³-hybridized carbons (Fsp3) is 0.389. The first-order valence-corrected chi connectivity index (χ1v) is 8.17. The van der Waals surface area contributed by atoms with Crippen LogP contribution in [0.15, 0.2) is 35.3 Å². The Bertz CT molecular complexity index is 937. The van der Waals surface area contributed by atoms with E-state index in [4.69, 9.17) is 4.74 Å². The number of fused-ring (bicyclic) bond motifs is 1. The van der Waals surface area contributed by atoms with E-state index < -0.39 is 0 Å². The molecule has 3 aromatic rings. The summed E-state index contributed by atoms with van der Waals surface area (Å²) in [6.07, 6.45) is 1.56. The molecule has 0 spiro atoms. The number of nitrogens with zero attached hydrogens (tertiary/aromatic N) is 3. The Morgan fingerprint density at radius 2 is 2.04 bits per heavy atom. The van der Waals surface area contributed by atoms with E-state index in [1.54, 1.807) is 18.0 Å². The summed E-state index contributed by atoms with van der Waals surface area (Å²) in [6.45, 7) is 7.19. The molecule has 1 aromatic carbocycles. The predicted octanol–water partition coefficient (Wildman–Crippen LogP) is 2.63. The van der Waals surface area contributed by atoms with Crippen LogP contribution in [0.5, 0.6) is 0 Å². The number of hydrogen-bond acceptors (Lipinski definition) is 5. The molecule has 0 saturated heterocycles. The maximum absolute atomic E-state index is 12.3. The Morgan fingerprint density at radius 3 is 2.76 bits per heavy atom. The lowest BCUT2D eigenvalue weighted by Crippen LogP contribution is -2.24. The molecule has 0 radical (unpaired) electrons. The highest BCUT2D eigenvalue weighted by Crippen LogP contribution is 2.19. The van der Waals surface area contributed by atoms with Gasteiger partial charge in [0.1, 0.15) is 5.39 Å². The molecule has 132 valence electrons. The van der Waals surface area contributed by atoms with E-state index in [0.717, 1.165) is 11.1 Å². The lowest BCUT2D eigenvalue weighted by molar-refractivity contribution is 0.185. The molecule has 0 aliphatic carbocycles. The first kappa shape index (κ1) is 17.2. The number of anilines is 1. The fourth-order valence-corrected chi connectivity index (χ4v) is 2.67. The van der Waals surface area contributed by atoms with Gasteiger partial charge < -0.3 is 10.1 Å². The van der Waals surface area contributed by atoms with Crippen molar-refractivity contribution in [1.82, 2.24) is 19.7 Å². The minimum absolute atomic E-state index is 0.198. The predicted molar refractivity (Wildman–Crippen MR) is 97.6 cm³/mol. The lowest BCUT2D eigenvalue weighted by atomic mass is 10.1. The molecule has 7 nitrogen and oxygen atoms in total.